The maximum absolute atomic E-state index is 12.1. The SMILES string of the molecule is Cc1ccc(CCN(C)C(=O)C(C)(C)C#N)c(C)c1. The number of rotatable bonds is 4. The smallest absolute Gasteiger partial charge is 0.242 e. The monoisotopic (exact) mass is 258 g/mol. The van der Waals surface area contributed by atoms with Crippen molar-refractivity contribution in [1.29, 1.82) is 5.26 Å². The normalized spacial score (nSPS) is 10.9. The van der Waals surface area contributed by atoms with Crippen LogP contribution in [-0.2, 0) is 11.2 Å². The Hall–Kier alpha value is -1.82. The summed E-state index contributed by atoms with van der Waals surface area (Å²) in [5.41, 5.74) is 2.80. The van der Waals surface area contributed by atoms with E-state index in [1.807, 2.05) is 6.07 Å². The van der Waals surface area contributed by atoms with Crippen LogP contribution in [-0.4, -0.2) is 24.4 Å². The zero-order chi connectivity index (χ0) is 14.6. The summed E-state index contributed by atoms with van der Waals surface area (Å²) in [6.07, 6.45) is 0.815. The van der Waals surface area contributed by atoms with Gasteiger partial charge in [0.1, 0.15) is 5.41 Å². The number of aryl methyl sites for hydroxylation is 2. The molecule has 0 saturated carbocycles. The Kier molecular flexibility index (Phi) is 4.72. The average Bonchev–Trinajstić information content (AvgIpc) is 2.36. The number of hydrogen-bond donors (Lipinski definition) is 0. The van der Waals surface area contributed by atoms with Gasteiger partial charge in [-0.25, -0.2) is 0 Å². The van der Waals surface area contributed by atoms with E-state index in [9.17, 15) is 4.79 Å². The molecule has 102 valence electrons. The highest BCUT2D eigenvalue weighted by Crippen LogP contribution is 2.17. The van der Waals surface area contributed by atoms with Crippen LogP contribution in [0.5, 0.6) is 0 Å². The molecule has 0 fully saturated rings. The summed E-state index contributed by atoms with van der Waals surface area (Å²) in [5, 5.41) is 8.98. The summed E-state index contributed by atoms with van der Waals surface area (Å²) in [7, 11) is 1.75. The van der Waals surface area contributed by atoms with Crippen LogP contribution in [0.15, 0.2) is 18.2 Å². The second kappa shape index (κ2) is 5.88. The molecule has 0 unspecified atom stereocenters. The number of nitrogens with zero attached hydrogens (tertiary/aromatic N) is 2. The van der Waals surface area contributed by atoms with E-state index in [1.54, 1.807) is 25.8 Å². The highest BCUT2D eigenvalue weighted by atomic mass is 16.2. The van der Waals surface area contributed by atoms with Gasteiger partial charge in [-0.15, -0.1) is 0 Å². The van der Waals surface area contributed by atoms with E-state index < -0.39 is 5.41 Å². The molecule has 0 heterocycles. The van der Waals surface area contributed by atoms with E-state index in [1.165, 1.54) is 16.7 Å². The molecule has 0 radical (unpaired) electrons. The van der Waals surface area contributed by atoms with E-state index in [2.05, 4.69) is 32.0 Å². The van der Waals surface area contributed by atoms with Crippen molar-refractivity contribution in [2.24, 2.45) is 5.41 Å². The fraction of sp³-hybridized carbons (Fsp3) is 0.500. The molecule has 1 aromatic carbocycles. The summed E-state index contributed by atoms with van der Waals surface area (Å²) in [6.45, 7) is 8.10. The highest BCUT2D eigenvalue weighted by Gasteiger charge is 2.29. The molecule has 0 aliphatic carbocycles. The predicted molar refractivity (Wildman–Crippen MR) is 76.7 cm³/mol. The Balaban J connectivity index is 2.67. The second-order valence-corrected chi connectivity index (χ2v) is 5.64. The first-order chi connectivity index (χ1) is 8.77. The maximum Gasteiger partial charge on any atom is 0.242 e. The van der Waals surface area contributed by atoms with Gasteiger partial charge >= 0.3 is 0 Å². The largest absolute Gasteiger partial charge is 0.344 e. The van der Waals surface area contributed by atoms with Crippen LogP contribution < -0.4 is 0 Å². The van der Waals surface area contributed by atoms with E-state index in [-0.39, 0.29) is 5.91 Å². The lowest BCUT2D eigenvalue weighted by Crippen LogP contribution is -2.38. The number of hydrogen-bond acceptors (Lipinski definition) is 2. The lowest BCUT2D eigenvalue weighted by Gasteiger charge is -2.24. The molecule has 0 saturated heterocycles. The van der Waals surface area contributed by atoms with Crippen molar-refractivity contribution in [3.63, 3.8) is 0 Å². The second-order valence-electron chi connectivity index (χ2n) is 5.64. The third-order valence-electron chi connectivity index (χ3n) is 3.38. The molecule has 1 rings (SSSR count). The molecule has 0 aromatic heterocycles. The minimum absolute atomic E-state index is 0.125. The van der Waals surface area contributed by atoms with Gasteiger partial charge in [0.2, 0.25) is 5.91 Å². The van der Waals surface area contributed by atoms with Crippen LogP contribution in [0, 0.1) is 30.6 Å². The molecule has 19 heavy (non-hydrogen) atoms. The minimum Gasteiger partial charge on any atom is -0.344 e. The van der Waals surface area contributed by atoms with Crippen molar-refractivity contribution in [3.8, 4) is 6.07 Å². The van der Waals surface area contributed by atoms with Crippen molar-refractivity contribution < 1.29 is 4.79 Å². The van der Waals surface area contributed by atoms with Crippen molar-refractivity contribution >= 4 is 5.91 Å². The van der Waals surface area contributed by atoms with E-state index >= 15 is 0 Å². The molecule has 0 spiro atoms. The lowest BCUT2D eigenvalue weighted by molar-refractivity contribution is -0.136. The first kappa shape index (κ1) is 15.2. The standard InChI is InChI=1S/C16H22N2O/c1-12-6-7-14(13(2)10-12)8-9-18(5)15(19)16(3,4)11-17/h6-7,10H,8-9H2,1-5H3. The summed E-state index contributed by atoms with van der Waals surface area (Å²) >= 11 is 0. The number of carbonyl (C=O) groups excluding carboxylic acids is 1. The van der Waals surface area contributed by atoms with Gasteiger partial charge in [0.15, 0.2) is 0 Å². The molecule has 0 aliphatic heterocycles. The van der Waals surface area contributed by atoms with Gasteiger partial charge < -0.3 is 4.90 Å². The number of carbonyl (C=O) groups is 1. The number of nitriles is 1. The Morgan fingerprint density at radius 2 is 2.00 bits per heavy atom. The first-order valence-corrected chi connectivity index (χ1v) is 6.51. The fourth-order valence-electron chi connectivity index (χ4n) is 2.04. The quantitative estimate of drug-likeness (QED) is 0.833. The topological polar surface area (TPSA) is 44.1 Å². The molecule has 3 nitrogen and oxygen atoms in total. The van der Waals surface area contributed by atoms with Gasteiger partial charge in [0, 0.05) is 13.6 Å². The first-order valence-electron chi connectivity index (χ1n) is 6.51. The summed E-state index contributed by atoms with van der Waals surface area (Å²) in [4.78, 5) is 13.7. The zero-order valence-corrected chi connectivity index (χ0v) is 12.4. The Labute approximate surface area is 115 Å². The number of benzene rings is 1. The Bertz CT molecular complexity index is 512. The third-order valence-corrected chi connectivity index (χ3v) is 3.38. The van der Waals surface area contributed by atoms with Gasteiger partial charge in [-0.2, -0.15) is 5.26 Å². The van der Waals surface area contributed by atoms with Gasteiger partial charge in [-0.3, -0.25) is 4.79 Å². The molecule has 0 bridgehead atoms. The minimum atomic E-state index is -0.947. The summed E-state index contributed by atoms with van der Waals surface area (Å²) in [5.74, 6) is -0.125. The van der Waals surface area contributed by atoms with Crippen molar-refractivity contribution in [3.05, 3.63) is 34.9 Å². The van der Waals surface area contributed by atoms with Crippen LogP contribution in [0.1, 0.15) is 30.5 Å². The van der Waals surface area contributed by atoms with Crippen LogP contribution in [0.25, 0.3) is 0 Å². The molecule has 0 N–H and O–H groups in total. The molecule has 0 atom stereocenters. The Morgan fingerprint density at radius 3 is 2.53 bits per heavy atom. The van der Waals surface area contributed by atoms with Crippen LogP contribution in [0.4, 0.5) is 0 Å². The van der Waals surface area contributed by atoms with Gasteiger partial charge in [0.05, 0.1) is 6.07 Å². The van der Waals surface area contributed by atoms with Crippen molar-refractivity contribution in [1.82, 2.24) is 4.90 Å². The predicted octanol–water partition coefficient (Wildman–Crippen LogP) is 2.85. The van der Waals surface area contributed by atoms with E-state index in [4.69, 9.17) is 5.26 Å². The molecule has 1 aromatic rings. The van der Waals surface area contributed by atoms with Gasteiger partial charge in [0.25, 0.3) is 0 Å². The lowest BCUT2D eigenvalue weighted by atomic mass is 9.94. The number of likely N-dealkylation sites (N-methyl/N-ethyl adjacent to an activating group) is 1. The van der Waals surface area contributed by atoms with E-state index in [0.717, 1.165) is 6.42 Å². The summed E-state index contributed by atoms with van der Waals surface area (Å²) in [6, 6.07) is 8.39. The van der Waals surface area contributed by atoms with Crippen LogP contribution in [0.3, 0.4) is 0 Å². The van der Waals surface area contributed by atoms with Crippen molar-refractivity contribution in [2.45, 2.75) is 34.1 Å². The highest BCUT2D eigenvalue weighted by molar-refractivity contribution is 5.84. The van der Waals surface area contributed by atoms with Crippen LogP contribution in [0.2, 0.25) is 0 Å². The van der Waals surface area contributed by atoms with Crippen LogP contribution >= 0.6 is 0 Å². The van der Waals surface area contributed by atoms with Gasteiger partial charge in [-0.05, 0) is 45.2 Å². The fourth-order valence-corrected chi connectivity index (χ4v) is 2.04. The van der Waals surface area contributed by atoms with E-state index in [0.29, 0.717) is 6.54 Å². The van der Waals surface area contributed by atoms with Gasteiger partial charge in [-0.1, -0.05) is 23.8 Å². The molecular weight excluding hydrogens is 236 g/mol. The maximum atomic E-state index is 12.1. The summed E-state index contributed by atoms with van der Waals surface area (Å²) < 4.78 is 0. The molecule has 3 heteroatoms. The molecule has 0 aliphatic rings. The van der Waals surface area contributed by atoms with Crippen molar-refractivity contribution in [2.75, 3.05) is 13.6 Å². The zero-order valence-electron chi connectivity index (χ0n) is 12.4. The Morgan fingerprint density at radius 1 is 1.37 bits per heavy atom. The molecule has 1 amide bonds. The number of amides is 1. The third kappa shape index (κ3) is 3.82. The average molecular weight is 258 g/mol. The molecular formula is C16H22N2O.